The van der Waals surface area contributed by atoms with Gasteiger partial charge in [0.05, 0.1) is 5.71 Å². The van der Waals surface area contributed by atoms with Gasteiger partial charge in [-0.15, -0.1) is 0 Å². The van der Waals surface area contributed by atoms with Crippen LogP contribution in [-0.2, 0) is 0 Å². The SMILES string of the molecule is C/C(=N/NC(=O)c1cc(Br)c[nH]1)c1ccc(OCC#N)cc1. The van der Waals surface area contributed by atoms with E-state index in [9.17, 15) is 4.79 Å². The van der Waals surface area contributed by atoms with Crippen LogP contribution in [-0.4, -0.2) is 23.2 Å². The van der Waals surface area contributed by atoms with Crippen molar-refractivity contribution in [2.24, 2.45) is 5.10 Å². The molecule has 1 aromatic heterocycles. The number of nitrogens with one attached hydrogen (secondary N) is 2. The van der Waals surface area contributed by atoms with Gasteiger partial charge in [0, 0.05) is 10.7 Å². The van der Waals surface area contributed by atoms with Crippen molar-refractivity contribution in [1.82, 2.24) is 10.4 Å². The highest BCUT2D eigenvalue weighted by atomic mass is 79.9. The maximum atomic E-state index is 11.8. The lowest BCUT2D eigenvalue weighted by molar-refractivity contribution is 0.0950. The van der Waals surface area contributed by atoms with Gasteiger partial charge in [-0.25, -0.2) is 5.43 Å². The lowest BCUT2D eigenvalue weighted by Crippen LogP contribution is -2.19. The van der Waals surface area contributed by atoms with Gasteiger partial charge in [0.2, 0.25) is 0 Å². The molecule has 2 rings (SSSR count). The summed E-state index contributed by atoms with van der Waals surface area (Å²) in [6.07, 6.45) is 1.67. The van der Waals surface area contributed by atoms with Crippen molar-refractivity contribution in [3.8, 4) is 11.8 Å². The Morgan fingerprint density at radius 1 is 1.45 bits per heavy atom. The number of hydrazone groups is 1. The van der Waals surface area contributed by atoms with Gasteiger partial charge in [-0.1, -0.05) is 0 Å². The number of H-pyrrole nitrogens is 1. The topological polar surface area (TPSA) is 90.3 Å². The largest absolute Gasteiger partial charge is 0.479 e. The number of nitriles is 1. The summed E-state index contributed by atoms with van der Waals surface area (Å²) >= 11 is 3.26. The average molecular weight is 361 g/mol. The zero-order chi connectivity index (χ0) is 15.9. The number of nitrogens with zero attached hydrogens (tertiary/aromatic N) is 2. The second-order valence-electron chi connectivity index (χ2n) is 4.34. The maximum Gasteiger partial charge on any atom is 0.287 e. The van der Waals surface area contributed by atoms with Gasteiger partial charge in [-0.05, 0) is 58.7 Å². The molecular weight excluding hydrogens is 348 g/mol. The van der Waals surface area contributed by atoms with Crippen molar-refractivity contribution in [3.63, 3.8) is 0 Å². The summed E-state index contributed by atoms with van der Waals surface area (Å²) in [5.41, 5.74) is 4.40. The number of aromatic amines is 1. The van der Waals surface area contributed by atoms with Crippen LogP contribution in [0.3, 0.4) is 0 Å². The summed E-state index contributed by atoms with van der Waals surface area (Å²) in [7, 11) is 0. The molecule has 0 atom stereocenters. The Bertz CT molecular complexity index is 729. The number of carbonyl (C=O) groups is 1. The van der Waals surface area contributed by atoms with E-state index in [4.69, 9.17) is 10.00 Å². The fourth-order valence-electron chi connectivity index (χ4n) is 1.67. The van der Waals surface area contributed by atoms with Gasteiger partial charge < -0.3 is 9.72 Å². The Hall–Kier alpha value is -2.59. The Morgan fingerprint density at radius 3 is 2.77 bits per heavy atom. The molecule has 6 nitrogen and oxygen atoms in total. The molecule has 0 fully saturated rings. The molecule has 1 aromatic carbocycles. The van der Waals surface area contributed by atoms with Crippen molar-refractivity contribution in [2.75, 3.05) is 6.61 Å². The van der Waals surface area contributed by atoms with Gasteiger partial charge in [-0.2, -0.15) is 10.4 Å². The molecule has 22 heavy (non-hydrogen) atoms. The first-order valence-corrected chi connectivity index (χ1v) is 7.18. The Kier molecular flexibility index (Phi) is 5.33. The van der Waals surface area contributed by atoms with E-state index in [1.54, 1.807) is 31.3 Å². The van der Waals surface area contributed by atoms with E-state index in [0.29, 0.717) is 17.2 Å². The first-order valence-electron chi connectivity index (χ1n) is 6.39. The zero-order valence-corrected chi connectivity index (χ0v) is 13.3. The first-order chi connectivity index (χ1) is 10.6. The van der Waals surface area contributed by atoms with Crippen LogP contribution in [0.1, 0.15) is 23.0 Å². The van der Waals surface area contributed by atoms with Gasteiger partial charge in [0.1, 0.15) is 17.5 Å². The molecule has 0 aliphatic heterocycles. The molecule has 2 aromatic rings. The minimum absolute atomic E-state index is 0.00812. The number of amides is 1. The van der Waals surface area contributed by atoms with E-state index in [1.165, 1.54) is 0 Å². The molecule has 1 heterocycles. The minimum Gasteiger partial charge on any atom is -0.479 e. The van der Waals surface area contributed by atoms with Crippen LogP contribution in [0.5, 0.6) is 5.75 Å². The first kappa shape index (κ1) is 15.8. The number of hydrogen-bond donors (Lipinski definition) is 2. The summed E-state index contributed by atoms with van der Waals surface area (Å²) in [5.74, 6) is 0.289. The van der Waals surface area contributed by atoms with Crippen LogP contribution < -0.4 is 10.2 Å². The van der Waals surface area contributed by atoms with Crippen LogP contribution in [0.2, 0.25) is 0 Å². The lowest BCUT2D eigenvalue weighted by Gasteiger charge is -2.04. The normalized spacial score (nSPS) is 10.9. The number of ether oxygens (including phenoxy) is 1. The summed E-state index contributed by atoms with van der Waals surface area (Å²) in [4.78, 5) is 14.7. The summed E-state index contributed by atoms with van der Waals surface area (Å²) in [6.45, 7) is 1.80. The number of halogens is 1. The quantitative estimate of drug-likeness (QED) is 0.634. The third-order valence-corrected chi connectivity index (χ3v) is 3.25. The number of aromatic nitrogens is 1. The zero-order valence-electron chi connectivity index (χ0n) is 11.8. The molecule has 2 N–H and O–H groups in total. The van der Waals surface area contributed by atoms with Crippen molar-refractivity contribution >= 4 is 27.5 Å². The predicted octanol–water partition coefficient (Wildman–Crippen LogP) is 2.83. The van der Waals surface area contributed by atoms with Crippen LogP contribution in [0.4, 0.5) is 0 Å². The molecule has 0 bridgehead atoms. The van der Waals surface area contributed by atoms with E-state index < -0.39 is 0 Å². The third-order valence-electron chi connectivity index (χ3n) is 2.79. The van der Waals surface area contributed by atoms with Gasteiger partial charge in [0.25, 0.3) is 5.91 Å². The van der Waals surface area contributed by atoms with E-state index >= 15 is 0 Å². The predicted molar refractivity (Wildman–Crippen MR) is 85.7 cm³/mol. The fourth-order valence-corrected chi connectivity index (χ4v) is 2.01. The van der Waals surface area contributed by atoms with Gasteiger partial charge in [0.15, 0.2) is 6.61 Å². The van der Waals surface area contributed by atoms with Crippen LogP contribution in [0, 0.1) is 11.3 Å². The molecule has 0 aliphatic carbocycles. The highest BCUT2D eigenvalue weighted by molar-refractivity contribution is 9.10. The lowest BCUT2D eigenvalue weighted by atomic mass is 10.1. The Balaban J connectivity index is 1.99. The fraction of sp³-hybridized carbons (Fsp3) is 0.133. The number of rotatable bonds is 5. The molecule has 0 unspecified atom stereocenters. The standard InChI is InChI=1S/C15H13BrN4O2/c1-10(11-2-4-13(5-3-11)22-7-6-17)19-20-15(21)14-8-12(16)9-18-14/h2-5,8-9,18H,7H2,1H3,(H,20,21)/b19-10-. The van der Waals surface area contributed by atoms with Crippen molar-refractivity contribution in [2.45, 2.75) is 6.92 Å². The molecule has 0 aliphatic rings. The molecule has 0 radical (unpaired) electrons. The average Bonchev–Trinajstić information content (AvgIpc) is 2.97. The van der Waals surface area contributed by atoms with E-state index in [1.807, 2.05) is 18.2 Å². The molecule has 112 valence electrons. The molecule has 7 heteroatoms. The number of hydrogen-bond acceptors (Lipinski definition) is 4. The molecular formula is C15H13BrN4O2. The van der Waals surface area contributed by atoms with Crippen molar-refractivity contribution in [1.29, 1.82) is 5.26 Å². The number of benzene rings is 1. The Morgan fingerprint density at radius 2 is 2.18 bits per heavy atom. The summed E-state index contributed by atoms with van der Waals surface area (Å²) in [6, 6.07) is 10.7. The van der Waals surface area contributed by atoms with Gasteiger partial charge >= 0.3 is 0 Å². The smallest absolute Gasteiger partial charge is 0.287 e. The van der Waals surface area contributed by atoms with Gasteiger partial charge in [-0.3, -0.25) is 4.79 Å². The molecule has 0 spiro atoms. The van der Waals surface area contributed by atoms with E-state index in [0.717, 1.165) is 10.0 Å². The molecule has 0 saturated heterocycles. The Labute approximate surface area is 135 Å². The second-order valence-corrected chi connectivity index (χ2v) is 5.26. The summed E-state index contributed by atoms with van der Waals surface area (Å²) < 4.78 is 5.97. The van der Waals surface area contributed by atoms with Crippen LogP contribution in [0.15, 0.2) is 46.1 Å². The monoisotopic (exact) mass is 360 g/mol. The highest BCUT2D eigenvalue weighted by Gasteiger charge is 2.07. The number of carbonyl (C=O) groups excluding carboxylic acids is 1. The van der Waals surface area contributed by atoms with Crippen LogP contribution >= 0.6 is 15.9 Å². The second kappa shape index (κ2) is 7.43. The van der Waals surface area contributed by atoms with Crippen molar-refractivity contribution < 1.29 is 9.53 Å². The highest BCUT2D eigenvalue weighted by Crippen LogP contribution is 2.13. The minimum atomic E-state index is -0.320. The van der Waals surface area contributed by atoms with E-state index in [2.05, 4.69) is 31.4 Å². The molecule has 1 amide bonds. The van der Waals surface area contributed by atoms with E-state index in [-0.39, 0.29) is 12.5 Å². The molecule has 0 saturated carbocycles. The van der Waals surface area contributed by atoms with Crippen LogP contribution in [0.25, 0.3) is 0 Å². The summed E-state index contributed by atoms with van der Waals surface area (Å²) in [5, 5.41) is 12.5. The maximum absolute atomic E-state index is 11.8. The third kappa shape index (κ3) is 4.20. The van der Waals surface area contributed by atoms with Crippen molar-refractivity contribution in [3.05, 3.63) is 52.3 Å².